The van der Waals surface area contributed by atoms with Crippen molar-refractivity contribution in [1.82, 2.24) is 4.90 Å². The molecular weight excluding hydrogens is 363 g/mol. The minimum absolute atomic E-state index is 0.0381. The molecule has 1 saturated carbocycles. The molecule has 1 aliphatic rings. The van der Waals surface area contributed by atoms with Gasteiger partial charge in [-0.3, -0.25) is 9.59 Å². The first-order chi connectivity index (χ1) is 12.4. The first-order valence-electron chi connectivity index (χ1n) is 8.70. The molecule has 1 amide bonds. The fraction of sp³-hybridized carbons (Fsp3) is 0.579. The van der Waals surface area contributed by atoms with E-state index in [4.69, 9.17) is 4.74 Å². The molecule has 2 rings (SSSR count). The molecule has 1 aliphatic carbocycles. The number of alkyl halides is 3. The number of carboxylic acids is 1. The number of ether oxygens (including phenoxy) is 1. The van der Waals surface area contributed by atoms with E-state index in [0.29, 0.717) is 24.0 Å². The van der Waals surface area contributed by atoms with E-state index in [1.807, 2.05) is 0 Å². The van der Waals surface area contributed by atoms with E-state index in [-0.39, 0.29) is 24.6 Å². The SMILES string of the molecule is Cc1cc(CN(C)C(=O)CC2(C(=O)O)CCC2)cc(C)c1OCC(F)(F)F. The number of carbonyl (C=O) groups excluding carboxylic acids is 1. The second kappa shape index (κ2) is 7.78. The number of aliphatic carboxylic acids is 1. The number of carbonyl (C=O) groups is 2. The third-order valence-electron chi connectivity index (χ3n) is 5.00. The Hall–Kier alpha value is -2.25. The van der Waals surface area contributed by atoms with E-state index in [1.165, 1.54) is 4.90 Å². The van der Waals surface area contributed by atoms with Crippen LogP contribution in [0, 0.1) is 19.3 Å². The van der Waals surface area contributed by atoms with Crippen molar-refractivity contribution < 1.29 is 32.6 Å². The largest absolute Gasteiger partial charge is 0.484 e. The average Bonchev–Trinajstić information content (AvgIpc) is 2.48. The topological polar surface area (TPSA) is 66.8 Å². The second-order valence-corrected chi connectivity index (χ2v) is 7.33. The molecule has 0 bridgehead atoms. The van der Waals surface area contributed by atoms with Gasteiger partial charge < -0.3 is 14.7 Å². The molecule has 8 heteroatoms. The van der Waals surface area contributed by atoms with Gasteiger partial charge in [-0.25, -0.2) is 0 Å². The van der Waals surface area contributed by atoms with Crippen molar-refractivity contribution in [2.75, 3.05) is 13.7 Å². The molecule has 0 heterocycles. The molecule has 0 radical (unpaired) electrons. The summed E-state index contributed by atoms with van der Waals surface area (Å²) in [5, 5.41) is 9.35. The van der Waals surface area contributed by atoms with E-state index in [0.717, 1.165) is 12.0 Å². The smallest absolute Gasteiger partial charge is 0.422 e. The molecule has 0 unspecified atom stereocenters. The van der Waals surface area contributed by atoms with Gasteiger partial charge in [0.25, 0.3) is 0 Å². The number of rotatable bonds is 7. The standard InChI is InChI=1S/C19H24F3NO4/c1-12-7-14(8-13(2)16(12)27-11-19(20,21)22)10-23(3)15(24)9-18(17(25)26)5-4-6-18/h7-8H,4-6,9-11H2,1-3H3,(H,25,26). The molecule has 0 aromatic heterocycles. The third-order valence-corrected chi connectivity index (χ3v) is 5.00. The number of nitrogens with zero attached hydrogens (tertiary/aromatic N) is 1. The summed E-state index contributed by atoms with van der Waals surface area (Å²) in [5.74, 6) is -1.01. The minimum Gasteiger partial charge on any atom is -0.484 e. The fourth-order valence-corrected chi connectivity index (χ4v) is 3.37. The number of halogens is 3. The van der Waals surface area contributed by atoms with Crippen LogP contribution in [0.15, 0.2) is 12.1 Å². The van der Waals surface area contributed by atoms with E-state index >= 15 is 0 Å². The van der Waals surface area contributed by atoms with Crippen LogP contribution in [0.2, 0.25) is 0 Å². The molecular formula is C19H24F3NO4. The molecule has 1 aromatic rings. The Bertz CT molecular complexity index is 703. The van der Waals surface area contributed by atoms with Crippen LogP contribution < -0.4 is 4.74 Å². The predicted molar refractivity (Wildman–Crippen MR) is 92.5 cm³/mol. The van der Waals surface area contributed by atoms with Gasteiger partial charge in [-0.15, -0.1) is 0 Å². The lowest BCUT2D eigenvalue weighted by molar-refractivity contribution is -0.159. The van der Waals surface area contributed by atoms with Crippen molar-refractivity contribution in [3.63, 3.8) is 0 Å². The van der Waals surface area contributed by atoms with Crippen molar-refractivity contribution in [2.24, 2.45) is 5.41 Å². The molecule has 1 N–H and O–H groups in total. The summed E-state index contributed by atoms with van der Waals surface area (Å²) in [4.78, 5) is 25.3. The van der Waals surface area contributed by atoms with E-state index in [1.54, 1.807) is 33.0 Å². The number of hydrogen-bond acceptors (Lipinski definition) is 3. The van der Waals surface area contributed by atoms with Crippen LogP contribution in [0.25, 0.3) is 0 Å². The summed E-state index contributed by atoms with van der Waals surface area (Å²) < 4.78 is 42.0. The Morgan fingerprint density at radius 1 is 1.22 bits per heavy atom. The summed E-state index contributed by atoms with van der Waals surface area (Å²) >= 11 is 0. The van der Waals surface area contributed by atoms with Gasteiger partial charge in [0.15, 0.2) is 6.61 Å². The zero-order valence-corrected chi connectivity index (χ0v) is 15.7. The van der Waals surface area contributed by atoms with Crippen molar-refractivity contribution in [2.45, 2.75) is 52.3 Å². The second-order valence-electron chi connectivity index (χ2n) is 7.33. The Morgan fingerprint density at radius 2 is 1.78 bits per heavy atom. The van der Waals surface area contributed by atoms with E-state index in [9.17, 15) is 27.9 Å². The lowest BCUT2D eigenvalue weighted by Crippen LogP contribution is -2.42. The quantitative estimate of drug-likeness (QED) is 0.772. The molecule has 0 spiro atoms. The van der Waals surface area contributed by atoms with Gasteiger partial charge >= 0.3 is 12.1 Å². The van der Waals surface area contributed by atoms with Gasteiger partial charge in [0, 0.05) is 20.0 Å². The Kier molecular flexibility index (Phi) is 6.07. The fourth-order valence-electron chi connectivity index (χ4n) is 3.37. The van der Waals surface area contributed by atoms with Crippen molar-refractivity contribution in [3.05, 3.63) is 28.8 Å². The van der Waals surface area contributed by atoms with Crippen LogP contribution in [-0.4, -0.2) is 41.7 Å². The van der Waals surface area contributed by atoms with Crippen LogP contribution in [-0.2, 0) is 16.1 Å². The zero-order chi connectivity index (χ0) is 20.4. The molecule has 150 valence electrons. The number of benzene rings is 1. The molecule has 0 saturated heterocycles. The highest BCUT2D eigenvalue weighted by molar-refractivity contribution is 5.85. The predicted octanol–water partition coefficient (Wildman–Crippen LogP) is 3.85. The molecule has 27 heavy (non-hydrogen) atoms. The minimum atomic E-state index is -4.41. The lowest BCUT2D eigenvalue weighted by Gasteiger charge is -2.38. The zero-order valence-electron chi connectivity index (χ0n) is 15.7. The molecule has 0 atom stereocenters. The Labute approximate surface area is 156 Å². The van der Waals surface area contributed by atoms with Crippen LogP contribution in [0.1, 0.15) is 42.4 Å². The third kappa shape index (κ3) is 5.14. The molecule has 1 fully saturated rings. The van der Waals surface area contributed by atoms with Crippen LogP contribution in [0.5, 0.6) is 5.75 Å². The first kappa shape index (κ1) is 21.1. The van der Waals surface area contributed by atoms with Gasteiger partial charge in [-0.1, -0.05) is 18.6 Å². The molecule has 1 aromatic carbocycles. The lowest BCUT2D eigenvalue weighted by atomic mass is 9.66. The maximum Gasteiger partial charge on any atom is 0.422 e. The average molecular weight is 387 g/mol. The van der Waals surface area contributed by atoms with Crippen LogP contribution >= 0.6 is 0 Å². The highest BCUT2D eigenvalue weighted by Crippen LogP contribution is 2.44. The summed E-state index contributed by atoms with van der Waals surface area (Å²) in [6.45, 7) is 2.19. The van der Waals surface area contributed by atoms with Gasteiger partial charge in [0.2, 0.25) is 5.91 Å². The first-order valence-corrected chi connectivity index (χ1v) is 8.70. The monoisotopic (exact) mass is 387 g/mol. The maximum atomic E-state index is 12.4. The van der Waals surface area contributed by atoms with Gasteiger partial charge in [-0.2, -0.15) is 13.2 Å². The maximum absolute atomic E-state index is 12.4. The normalized spacial score (nSPS) is 15.8. The summed E-state index contributed by atoms with van der Waals surface area (Å²) in [5.41, 5.74) is 0.900. The van der Waals surface area contributed by atoms with Crippen molar-refractivity contribution >= 4 is 11.9 Å². The van der Waals surface area contributed by atoms with Crippen LogP contribution in [0.4, 0.5) is 13.2 Å². The number of hydrogen-bond donors (Lipinski definition) is 1. The van der Waals surface area contributed by atoms with Crippen molar-refractivity contribution in [3.8, 4) is 5.75 Å². The molecule has 0 aliphatic heterocycles. The highest BCUT2D eigenvalue weighted by atomic mass is 19.4. The number of carboxylic acid groups (broad SMARTS) is 1. The summed E-state index contributed by atoms with van der Waals surface area (Å²) in [6, 6.07) is 3.36. The number of aryl methyl sites for hydroxylation is 2. The van der Waals surface area contributed by atoms with Gasteiger partial charge in [0.1, 0.15) is 5.75 Å². The summed E-state index contributed by atoms with van der Waals surface area (Å²) in [7, 11) is 1.59. The van der Waals surface area contributed by atoms with Gasteiger partial charge in [0.05, 0.1) is 5.41 Å². The Morgan fingerprint density at radius 3 is 2.19 bits per heavy atom. The molecule has 5 nitrogen and oxygen atoms in total. The summed E-state index contributed by atoms with van der Waals surface area (Å²) in [6.07, 6.45) is -2.63. The number of amides is 1. The highest BCUT2D eigenvalue weighted by Gasteiger charge is 2.46. The van der Waals surface area contributed by atoms with Crippen LogP contribution in [0.3, 0.4) is 0 Å². The van der Waals surface area contributed by atoms with Crippen molar-refractivity contribution in [1.29, 1.82) is 0 Å². The Balaban J connectivity index is 2.04. The van der Waals surface area contributed by atoms with Gasteiger partial charge in [-0.05, 0) is 43.4 Å². The van der Waals surface area contributed by atoms with E-state index < -0.39 is 24.2 Å². The van der Waals surface area contributed by atoms with E-state index in [2.05, 4.69) is 0 Å².